The molecule has 4 aromatic rings. The van der Waals surface area contributed by atoms with Gasteiger partial charge in [0.25, 0.3) is 0 Å². The zero-order valence-corrected chi connectivity index (χ0v) is 20.7. The van der Waals surface area contributed by atoms with Crippen molar-refractivity contribution in [3.8, 4) is 11.5 Å². The highest BCUT2D eigenvalue weighted by Gasteiger charge is 2.31. The first kappa shape index (κ1) is 23.3. The van der Waals surface area contributed by atoms with Gasteiger partial charge in [-0.25, -0.2) is 0 Å². The lowest BCUT2D eigenvalue weighted by Crippen LogP contribution is -2.22. The summed E-state index contributed by atoms with van der Waals surface area (Å²) in [6.45, 7) is 6.16. The van der Waals surface area contributed by atoms with Crippen LogP contribution in [0.1, 0.15) is 42.0 Å². The number of anilines is 3. The van der Waals surface area contributed by atoms with Crippen molar-refractivity contribution in [2.45, 2.75) is 26.4 Å². The SMILES string of the molecule is CCN(CC)c1ccc2c(c1)Oc1ccc(Nc3ccccc3Cl)cc1C2c1ccccc1CO. The van der Waals surface area contributed by atoms with Crippen LogP contribution in [0.2, 0.25) is 5.02 Å². The molecule has 35 heavy (non-hydrogen) atoms. The second kappa shape index (κ2) is 10.0. The van der Waals surface area contributed by atoms with E-state index in [4.69, 9.17) is 16.3 Å². The molecule has 0 bridgehead atoms. The van der Waals surface area contributed by atoms with Crippen LogP contribution in [0.4, 0.5) is 17.1 Å². The van der Waals surface area contributed by atoms with Crippen LogP contribution in [0.15, 0.2) is 84.9 Å². The summed E-state index contributed by atoms with van der Waals surface area (Å²) in [5.74, 6) is 1.60. The third-order valence-corrected chi connectivity index (χ3v) is 7.00. The van der Waals surface area contributed by atoms with E-state index >= 15 is 0 Å². The van der Waals surface area contributed by atoms with Crippen molar-refractivity contribution in [2.75, 3.05) is 23.3 Å². The molecule has 5 rings (SSSR count). The van der Waals surface area contributed by atoms with E-state index in [1.54, 1.807) is 0 Å². The number of aliphatic hydroxyl groups excluding tert-OH is 1. The van der Waals surface area contributed by atoms with Gasteiger partial charge in [-0.05, 0) is 61.4 Å². The van der Waals surface area contributed by atoms with Crippen LogP contribution in [-0.2, 0) is 6.61 Å². The minimum absolute atomic E-state index is 0.0205. The first-order chi connectivity index (χ1) is 17.1. The minimum Gasteiger partial charge on any atom is -0.457 e. The van der Waals surface area contributed by atoms with Crippen LogP contribution >= 0.6 is 11.6 Å². The molecule has 0 saturated carbocycles. The van der Waals surface area contributed by atoms with Crippen molar-refractivity contribution in [1.29, 1.82) is 0 Å². The topological polar surface area (TPSA) is 44.7 Å². The van der Waals surface area contributed by atoms with Gasteiger partial charge in [0.2, 0.25) is 0 Å². The monoisotopic (exact) mass is 484 g/mol. The molecule has 1 heterocycles. The number of para-hydroxylation sites is 1. The third kappa shape index (κ3) is 4.47. The minimum atomic E-state index is -0.0733. The molecule has 5 heteroatoms. The van der Waals surface area contributed by atoms with Gasteiger partial charge >= 0.3 is 0 Å². The molecule has 0 saturated heterocycles. The molecule has 0 radical (unpaired) electrons. The Bertz CT molecular complexity index is 1350. The summed E-state index contributed by atoms with van der Waals surface area (Å²) in [6.07, 6.45) is 0. The summed E-state index contributed by atoms with van der Waals surface area (Å²) < 4.78 is 6.47. The Morgan fingerprint density at radius 1 is 0.829 bits per heavy atom. The molecule has 0 aromatic heterocycles. The van der Waals surface area contributed by atoms with Crippen molar-refractivity contribution in [3.63, 3.8) is 0 Å². The summed E-state index contributed by atoms with van der Waals surface area (Å²) in [5.41, 5.74) is 7.04. The van der Waals surface area contributed by atoms with E-state index in [1.165, 1.54) is 0 Å². The van der Waals surface area contributed by atoms with Crippen molar-refractivity contribution in [1.82, 2.24) is 0 Å². The van der Waals surface area contributed by atoms with Crippen molar-refractivity contribution in [3.05, 3.63) is 112 Å². The molecule has 0 amide bonds. The number of halogens is 1. The van der Waals surface area contributed by atoms with Gasteiger partial charge in [0.15, 0.2) is 0 Å². The molecule has 1 aliphatic rings. The molecule has 4 nitrogen and oxygen atoms in total. The largest absolute Gasteiger partial charge is 0.457 e. The van der Waals surface area contributed by atoms with Gasteiger partial charge < -0.3 is 20.1 Å². The average molecular weight is 485 g/mol. The van der Waals surface area contributed by atoms with Gasteiger partial charge in [-0.15, -0.1) is 0 Å². The van der Waals surface area contributed by atoms with Gasteiger partial charge in [-0.1, -0.05) is 54.1 Å². The van der Waals surface area contributed by atoms with Gasteiger partial charge in [-0.2, -0.15) is 0 Å². The maximum absolute atomic E-state index is 10.1. The maximum atomic E-state index is 10.1. The van der Waals surface area contributed by atoms with Crippen LogP contribution in [-0.4, -0.2) is 18.2 Å². The molecular weight excluding hydrogens is 456 g/mol. The molecule has 0 aliphatic carbocycles. The number of nitrogens with one attached hydrogen (secondary N) is 1. The molecule has 2 N–H and O–H groups in total. The summed E-state index contributed by atoms with van der Waals surface area (Å²) in [4.78, 5) is 2.31. The van der Waals surface area contributed by atoms with Crippen molar-refractivity contribution < 1.29 is 9.84 Å². The Morgan fingerprint density at radius 2 is 1.60 bits per heavy atom. The standard InChI is InChI=1S/C30H29ClN2O2/c1-3-33(4-2)22-14-15-24-29(18-22)35-28-16-13-21(32-27-12-8-7-11-26(27)31)17-25(28)30(24)23-10-6-5-9-20(23)19-34/h5-18,30,32,34H,3-4,19H2,1-2H3. The second-order valence-electron chi connectivity index (χ2n) is 8.64. The van der Waals surface area contributed by atoms with E-state index in [0.717, 1.165) is 63.9 Å². The molecule has 0 spiro atoms. The van der Waals surface area contributed by atoms with E-state index < -0.39 is 0 Å². The Labute approximate surface area is 211 Å². The quantitative estimate of drug-likeness (QED) is 0.248. The fourth-order valence-electron chi connectivity index (χ4n) is 4.88. The molecule has 0 fully saturated rings. The van der Waals surface area contributed by atoms with E-state index in [2.05, 4.69) is 54.4 Å². The van der Waals surface area contributed by atoms with E-state index in [0.29, 0.717) is 5.02 Å². The molecule has 1 unspecified atom stereocenters. The van der Waals surface area contributed by atoms with Crippen LogP contribution in [0, 0.1) is 0 Å². The third-order valence-electron chi connectivity index (χ3n) is 6.67. The van der Waals surface area contributed by atoms with Crippen LogP contribution in [0.25, 0.3) is 0 Å². The van der Waals surface area contributed by atoms with Gasteiger partial charge in [0.05, 0.1) is 17.3 Å². The number of fused-ring (bicyclic) bond motifs is 2. The lowest BCUT2D eigenvalue weighted by atomic mass is 9.80. The van der Waals surface area contributed by atoms with Crippen LogP contribution < -0.4 is 15.0 Å². The number of hydrogen-bond donors (Lipinski definition) is 2. The van der Waals surface area contributed by atoms with Crippen LogP contribution in [0.5, 0.6) is 11.5 Å². The Balaban J connectivity index is 1.64. The van der Waals surface area contributed by atoms with Gasteiger partial charge in [0.1, 0.15) is 11.5 Å². The number of ether oxygens (including phenoxy) is 1. The predicted molar refractivity (Wildman–Crippen MR) is 145 cm³/mol. The summed E-state index contributed by atoms with van der Waals surface area (Å²) in [7, 11) is 0. The second-order valence-corrected chi connectivity index (χ2v) is 9.05. The number of nitrogens with zero attached hydrogens (tertiary/aromatic N) is 1. The Morgan fingerprint density at radius 3 is 2.37 bits per heavy atom. The smallest absolute Gasteiger partial charge is 0.133 e. The predicted octanol–water partition coefficient (Wildman–Crippen LogP) is 7.71. The number of rotatable bonds is 7. The highest BCUT2D eigenvalue weighted by molar-refractivity contribution is 6.33. The highest BCUT2D eigenvalue weighted by Crippen LogP contribution is 2.50. The fraction of sp³-hybridized carbons (Fsp3) is 0.200. The molecule has 4 aromatic carbocycles. The fourth-order valence-corrected chi connectivity index (χ4v) is 5.06. The summed E-state index contributed by atoms with van der Waals surface area (Å²) in [6, 6.07) is 28.4. The zero-order chi connectivity index (χ0) is 24.4. The average Bonchev–Trinajstić information content (AvgIpc) is 2.89. The molecule has 178 valence electrons. The molecule has 1 atom stereocenters. The zero-order valence-electron chi connectivity index (χ0n) is 20.0. The number of hydrogen-bond acceptors (Lipinski definition) is 4. The Kier molecular flexibility index (Phi) is 6.67. The first-order valence-corrected chi connectivity index (χ1v) is 12.4. The normalized spacial score (nSPS) is 14.0. The van der Waals surface area contributed by atoms with Crippen LogP contribution in [0.3, 0.4) is 0 Å². The van der Waals surface area contributed by atoms with Crippen molar-refractivity contribution in [2.24, 2.45) is 0 Å². The maximum Gasteiger partial charge on any atom is 0.133 e. The summed E-state index contributed by atoms with van der Waals surface area (Å²) >= 11 is 6.39. The van der Waals surface area contributed by atoms with Gasteiger partial charge in [-0.3, -0.25) is 0 Å². The lowest BCUT2D eigenvalue weighted by Gasteiger charge is -2.32. The van der Waals surface area contributed by atoms with E-state index in [1.807, 2.05) is 54.6 Å². The molecular formula is C30H29ClN2O2. The molecule has 1 aliphatic heterocycles. The summed E-state index contributed by atoms with van der Waals surface area (Å²) in [5, 5.41) is 14.2. The number of aliphatic hydroxyl groups is 1. The highest BCUT2D eigenvalue weighted by atomic mass is 35.5. The van der Waals surface area contributed by atoms with Crippen molar-refractivity contribution >= 4 is 28.7 Å². The van der Waals surface area contributed by atoms with Gasteiger partial charge in [0, 0.05) is 47.6 Å². The van der Waals surface area contributed by atoms with E-state index in [-0.39, 0.29) is 12.5 Å². The lowest BCUT2D eigenvalue weighted by molar-refractivity contribution is 0.280. The first-order valence-electron chi connectivity index (χ1n) is 12.0. The number of benzene rings is 4. The van der Waals surface area contributed by atoms with E-state index in [9.17, 15) is 5.11 Å². The Hall–Kier alpha value is -3.47.